The molecule has 0 unspecified atom stereocenters. The molecule has 0 atom stereocenters. The first-order chi connectivity index (χ1) is 26.8. The van der Waals surface area contributed by atoms with E-state index in [4.69, 9.17) is 4.42 Å². The van der Waals surface area contributed by atoms with Crippen LogP contribution in [0.4, 0.5) is 17.1 Å². The average molecular weight is 688 g/mol. The monoisotopic (exact) mass is 687 g/mol. The number of benzene rings is 10. The second kappa shape index (κ2) is 12.2. The van der Waals surface area contributed by atoms with Gasteiger partial charge in [0.2, 0.25) is 0 Å². The van der Waals surface area contributed by atoms with Crippen molar-refractivity contribution >= 4 is 82.1 Å². The summed E-state index contributed by atoms with van der Waals surface area (Å²) >= 11 is 0. The van der Waals surface area contributed by atoms with E-state index in [-0.39, 0.29) is 0 Å². The fourth-order valence-corrected chi connectivity index (χ4v) is 8.54. The van der Waals surface area contributed by atoms with Crippen LogP contribution in [0.1, 0.15) is 0 Å². The van der Waals surface area contributed by atoms with Crippen LogP contribution in [0.5, 0.6) is 0 Å². The minimum Gasteiger partial charge on any atom is -0.456 e. The molecule has 1 heterocycles. The Kier molecular flexibility index (Phi) is 6.90. The lowest BCUT2D eigenvalue weighted by atomic mass is 9.90. The summed E-state index contributed by atoms with van der Waals surface area (Å²) in [5.74, 6) is 0. The van der Waals surface area contributed by atoms with Gasteiger partial charge in [-0.2, -0.15) is 0 Å². The van der Waals surface area contributed by atoms with E-state index in [9.17, 15) is 0 Å². The molecular weight excluding hydrogens is 655 g/mol. The first-order valence-electron chi connectivity index (χ1n) is 18.5. The maximum Gasteiger partial charge on any atom is 0.137 e. The first kappa shape index (κ1) is 30.5. The van der Waals surface area contributed by atoms with E-state index in [1.165, 1.54) is 65.3 Å². The Balaban J connectivity index is 1.13. The van der Waals surface area contributed by atoms with Gasteiger partial charge in [0.05, 0.1) is 11.1 Å². The summed E-state index contributed by atoms with van der Waals surface area (Å²) in [6, 6.07) is 72.2. The standard InChI is InChI=1S/C52H33NO/c1-2-12-34(13-3-1)38-16-10-17-41(32-38)53(47-22-11-23-48-52(47)51-43-19-7-5-15-36(43)28-31-49(51)54-48)40-29-26-37(27-30-40)46-33-39-25-24-35-14-4-6-18-42(35)50(39)45-21-9-8-20-44(45)46/h1-33H. The summed E-state index contributed by atoms with van der Waals surface area (Å²) in [7, 11) is 0. The van der Waals surface area contributed by atoms with Crippen molar-refractivity contribution in [3.05, 3.63) is 200 Å². The van der Waals surface area contributed by atoms with Gasteiger partial charge in [-0.05, 0) is 114 Å². The zero-order chi connectivity index (χ0) is 35.6. The van der Waals surface area contributed by atoms with Gasteiger partial charge < -0.3 is 9.32 Å². The van der Waals surface area contributed by atoms with Gasteiger partial charge in [0.25, 0.3) is 0 Å². The Bertz CT molecular complexity index is 3210. The molecule has 2 heteroatoms. The van der Waals surface area contributed by atoms with Gasteiger partial charge in [0, 0.05) is 16.8 Å². The maximum absolute atomic E-state index is 6.57. The van der Waals surface area contributed by atoms with Crippen molar-refractivity contribution in [3.8, 4) is 22.3 Å². The van der Waals surface area contributed by atoms with Crippen LogP contribution >= 0.6 is 0 Å². The van der Waals surface area contributed by atoms with Crippen molar-refractivity contribution in [1.29, 1.82) is 0 Å². The van der Waals surface area contributed by atoms with Crippen molar-refractivity contribution in [1.82, 2.24) is 0 Å². The summed E-state index contributed by atoms with van der Waals surface area (Å²) in [6.45, 7) is 0. The molecule has 0 amide bonds. The Labute approximate surface area is 312 Å². The Morgan fingerprint density at radius 3 is 1.72 bits per heavy atom. The molecule has 11 aromatic rings. The van der Waals surface area contributed by atoms with Gasteiger partial charge in [-0.3, -0.25) is 0 Å². The van der Waals surface area contributed by atoms with E-state index in [0.717, 1.165) is 39.0 Å². The van der Waals surface area contributed by atoms with Gasteiger partial charge in [-0.1, -0.05) is 152 Å². The molecule has 0 aliphatic carbocycles. The molecule has 0 aliphatic heterocycles. The lowest BCUT2D eigenvalue weighted by molar-refractivity contribution is 0.669. The summed E-state index contributed by atoms with van der Waals surface area (Å²) in [4.78, 5) is 2.39. The molecule has 0 aliphatic rings. The molecular formula is C52H33NO. The van der Waals surface area contributed by atoms with Gasteiger partial charge in [-0.15, -0.1) is 0 Å². The van der Waals surface area contributed by atoms with Crippen LogP contribution in [-0.4, -0.2) is 0 Å². The summed E-state index contributed by atoms with van der Waals surface area (Å²) in [5.41, 5.74) is 9.74. The van der Waals surface area contributed by atoms with Crippen molar-refractivity contribution in [3.63, 3.8) is 0 Å². The van der Waals surface area contributed by atoms with E-state index in [1.54, 1.807) is 0 Å². The molecule has 0 bridgehead atoms. The van der Waals surface area contributed by atoms with Crippen LogP contribution in [-0.2, 0) is 0 Å². The number of anilines is 3. The van der Waals surface area contributed by atoms with Crippen molar-refractivity contribution < 1.29 is 4.42 Å². The van der Waals surface area contributed by atoms with Gasteiger partial charge in [-0.25, -0.2) is 0 Å². The number of hydrogen-bond donors (Lipinski definition) is 0. The predicted molar refractivity (Wildman–Crippen MR) is 229 cm³/mol. The van der Waals surface area contributed by atoms with Gasteiger partial charge in [0.15, 0.2) is 0 Å². The molecule has 11 rings (SSSR count). The van der Waals surface area contributed by atoms with E-state index < -0.39 is 0 Å². The van der Waals surface area contributed by atoms with Crippen molar-refractivity contribution in [2.75, 3.05) is 4.90 Å². The second-order valence-corrected chi connectivity index (χ2v) is 14.1. The minimum atomic E-state index is 0.870. The smallest absolute Gasteiger partial charge is 0.137 e. The Morgan fingerprint density at radius 2 is 0.926 bits per heavy atom. The summed E-state index contributed by atoms with van der Waals surface area (Å²) < 4.78 is 6.57. The average Bonchev–Trinajstić information content (AvgIpc) is 3.64. The SMILES string of the molecule is c1ccc(-c2cccc(N(c3ccc(-c4cc5ccc6ccccc6c5c5ccccc45)cc3)c3cccc4oc5ccc6ccccc6c5c34)c2)cc1. The maximum atomic E-state index is 6.57. The molecule has 0 fully saturated rings. The van der Waals surface area contributed by atoms with Gasteiger partial charge in [0.1, 0.15) is 11.2 Å². The molecule has 2 nitrogen and oxygen atoms in total. The first-order valence-corrected chi connectivity index (χ1v) is 18.5. The van der Waals surface area contributed by atoms with Crippen molar-refractivity contribution in [2.24, 2.45) is 0 Å². The van der Waals surface area contributed by atoms with E-state index in [2.05, 4.69) is 205 Å². The highest BCUT2D eigenvalue weighted by Gasteiger charge is 2.21. The fourth-order valence-electron chi connectivity index (χ4n) is 8.54. The highest BCUT2D eigenvalue weighted by Crippen LogP contribution is 2.46. The van der Waals surface area contributed by atoms with E-state index >= 15 is 0 Å². The molecule has 54 heavy (non-hydrogen) atoms. The van der Waals surface area contributed by atoms with Gasteiger partial charge >= 0.3 is 0 Å². The third-order valence-electron chi connectivity index (χ3n) is 11.0. The predicted octanol–water partition coefficient (Wildman–Crippen LogP) is 15.0. The molecule has 252 valence electrons. The summed E-state index contributed by atoms with van der Waals surface area (Å²) in [6.07, 6.45) is 0. The normalized spacial score (nSPS) is 11.7. The number of furan rings is 1. The van der Waals surface area contributed by atoms with Crippen LogP contribution in [0.15, 0.2) is 205 Å². The molecule has 10 aromatic carbocycles. The van der Waals surface area contributed by atoms with Crippen LogP contribution in [0.3, 0.4) is 0 Å². The van der Waals surface area contributed by atoms with E-state index in [0.29, 0.717) is 0 Å². The highest BCUT2D eigenvalue weighted by molar-refractivity contribution is 6.24. The molecule has 0 saturated heterocycles. The number of hydrogen-bond acceptors (Lipinski definition) is 2. The fraction of sp³-hybridized carbons (Fsp3) is 0. The van der Waals surface area contributed by atoms with Crippen LogP contribution < -0.4 is 4.90 Å². The lowest BCUT2D eigenvalue weighted by Crippen LogP contribution is -2.10. The molecule has 0 N–H and O–H groups in total. The zero-order valence-corrected chi connectivity index (χ0v) is 29.4. The Morgan fingerprint density at radius 1 is 0.315 bits per heavy atom. The minimum absolute atomic E-state index is 0.870. The quantitative estimate of drug-likeness (QED) is 0.168. The third-order valence-corrected chi connectivity index (χ3v) is 11.0. The van der Waals surface area contributed by atoms with Crippen LogP contribution in [0.2, 0.25) is 0 Å². The topological polar surface area (TPSA) is 16.4 Å². The Hall–Kier alpha value is -7.16. The second-order valence-electron chi connectivity index (χ2n) is 14.1. The van der Waals surface area contributed by atoms with Crippen LogP contribution in [0, 0.1) is 0 Å². The van der Waals surface area contributed by atoms with E-state index in [1.807, 2.05) is 0 Å². The third kappa shape index (κ3) is 4.81. The number of fused-ring (bicyclic) bond motifs is 10. The number of nitrogens with zero attached hydrogens (tertiary/aromatic N) is 1. The zero-order valence-electron chi connectivity index (χ0n) is 29.4. The summed E-state index contributed by atoms with van der Waals surface area (Å²) in [5, 5.41) is 12.2. The number of rotatable bonds is 5. The molecule has 1 aromatic heterocycles. The lowest BCUT2D eigenvalue weighted by Gasteiger charge is -2.27. The molecule has 0 radical (unpaired) electrons. The molecule has 0 saturated carbocycles. The van der Waals surface area contributed by atoms with Crippen LogP contribution in [0.25, 0.3) is 87.3 Å². The largest absolute Gasteiger partial charge is 0.456 e. The highest BCUT2D eigenvalue weighted by atomic mass is 16.3. The molecule has 0 spiro atoms. The van der Waals surface area contributed by atoms with Crippen molar-refractivity contribution in [2.45, 2.75) is 0 Å².